The smallest absolute Gasteiger partial charge is 0.256 e. The molecule has 1 saturated heterocycles. The van der Waals surface area contributed by atoms with Crippen LogP contribution in [-0.2, 0) is 10.0 Å². The average molecular weight is 437 g/mol. The van der Waals surface area contributed by atoms with E-state index < -0.39 is 15.9 Å². The maximum Gasteiger partial charge on any atom is 0.256 e. The van der Waals surface area contributed by atoms with E-state index in [0.29, 0.717) is 40.7 Å². The molecule has 1 fully saturated rings. The summed E-state index contributed by atoms with van der Waals surface area (Å²) < 4.78 is 33.0. The number of carbonyl (C=O) groups excluding carboxylic acids is 1. The largest absolute Gasteiger partial charge is 0.495 e. The topological polar surface area (TPSA) is 75.7 Å². The normalized spacial score (nSPS) is 15.6. The van der Waals surface area contributed by atoms with Gasteiger partial charge in [-0.25, -0.2) is 8.42 Å². The Kier molecular flexibility index (Phi) is 6.82. The van der Waals surface area contributed by atoms with Crippen LogP contribution < -0.4 is 10.1 Å². The van der Waals surface area contributed by atoms with E-state index in [4.69, 9.17) is 16.3 Å². The van der Waals surface area contributed by atoms with E-state index in [1.807, 2.05) is 0 Å². The van der Waals surface area contributed by atoms with Gasteiger partial charge in [0.25, 0.3) is 5.91 Å². The number of hydrogen-bond donors (Lipinski definition) is 1. The average Bonchev–Trinajstić information content (AvgIpc) is 2.98. The molecule has 8 heteroatoms. The van der Waals surface area contributed by atoms with Gasteiger partial charge in [-0.15, -0.1) is 0 Å². The fourth-order valence-electron chi connectivity index (χ4n) is 3.40. The first kappa shape index (κ1) is 21.6. The Morgan fingerprint density at radius 1 is 1.07 bits per heavy atom. The SMILES string of the molecule is COc1ccc(Cl)cc1NC(=O)c1cc(S(=O)(=O)N2CCCCCC2)ccc1C. The van der Waals surface area contributed by atoms with Crippen molar-refractivity contribution in [3.8, 4) is 5.75 Å². The number of nitrogens with zero attached hydrogens (tertiary/aromatic N) is 1. The minimum Gasteiger partial charge on any atom is -0.495 e. The highest BCUT2D eigenvalue weighted by Gasteiger charge is 2.26. The fourth-order valence-corrected chi connectivity index (χ4v) is 5.12. The first-order valence-electron chi connectivity index (χ1n) is 9.58. The van der Waals surface area contributed by atoms with Crippen molar-refractivity contribution in [3.05, 3.63) is 52.5 Å². The lowest BCUT2D eigenvalue weighted by molar-refractivity contribution is 0.102. The van der Waals surface area contributed by atoms with Crippen LogP contribution in [0.15, 0.2) is 41.3 Å². The van der Waals surface area contributed by atoms with Crippen LogP contribution in [0, 0.1) is 6.92 Å². The molecular weight excluding hydrogens is 412 g/mol. The van der Waals surface area contributed by atoms with Crippen molar-refractivity contribution < 1.29 is 17.9 Å². The van der Waals surface area contributed by atoms with Gasteiger partial charge in [0.1, 0.15) is 5.75 Å². The highest BCUT2D eigenvalue weighted by molar-refractivity contribution is 7.89. The number of hydrogen-bond acceptors (Lipinski definition) is 4. The zero-order chi connectivity index (χ0) is 21.0. The zero-order valence-corrected chi connectivity index (χ0v) is 18.1. The van der Waals surface area contributed by atoms with E-state index in [0.717, 1.165) is 25.7 Å². The number of ether oxygens (including phenoxy) is 1. The quantitative estimate of drug-likeness (QED) is 0.750. The van der Waals surface area contributed by atoms with Crippen molar-refractivity contribution in [1.82, 2.24) is 4.31 Å². The predicted molar refractivity (Wildman–Crippen MR) is 114 cm³/mol. The Morgan fingerprint density at radius 3 is 2.41 bits per heavy atom. The first-order chi connectivity index (χ1) is 13.8. The molecule has 3 rings (SSSR count). The third kappa shape index (κ3) is 4.91. The minimum atomic E-state index is -3.64. The number of anilines is 1. The van der Waals surface area contributed by atoms with Crippen LogP contribution in [0.5, 0.6) is 5.75 Å². The summed E-state index contributed by atoms with van der Waals surface area (Å²) in [5.41, 5.74) is 1.39. The lowest BCUT2D eigenvalue weighted by atomic mass is 10.1. The van der Waals surface area contributed by atoms with Crippen molar-refractivity contribution in [2.45, 2.75) is 37.5 Å². The Bertz CT molecular complexity index is 1000. The number of rotatable bonds is 5. The van der Waals surface area contributed by atoms with Crippen LogP contribution >= 0.6 is 11.6 Å². The van der Waals surface area contributed by atoms with Crippen molar-refractivity contribution >= 4 is 33.2 Å². The minimum absolute atomic E-state index is 0.133. The Balaban J connectivity index is 1.91. The molecule has 6 nitrogen and oxygen atoms in total. The molecule has 2 aromatic rings. The van der Waals surface area contributed by atoms with E-state index in [1.54, 1.807) is 37.3 Å². The van der Waals surface area contributed by atoms with Crippen LogP contribution in [-0.4, -0.2) is 38.8 Å². The molecule has 0 unspecified atom stereocenters. The van der Waals surface area contributed by atoms with Gasteiger partial charge < -0.3 is 10.1 Å². The van der Waals surface area contributed by atoms with E-state index in [9.17, 15) is 13.2 Å². The van der Waals surface area contributed by atoms with E-state index in [2.05, 4.69) is 5.32 Å². The zero-order valence-electron chi connectivity index (χ0n) is 16.6. The molecule has 1 amide bonds. The van der Waals surface area contributed by atoms with Crippen LogP contribution in [0.1, 0.15) is 41.6 Å². The number of halogens is 1. The first-order valence-corrected chi connectivity index (χ1v) is 11.4. The molecular formula is C21H25ClN2O4S. The van der Waals surface area contributed by atoms with Crippen LogP contribution in [0.2, 0.25) is 5.02 Å². The summed E-state index contributed by atoms with van der Waals surface area (Å²) in [6, 6.07) is 9.58. The van der Waals surface area contributed by atoms with E-state index >= 15 is 0 Å². The second-order valence-electron chi connectivity index (χ2n) is 7.09. The number of benzene rings is 2. The molecule has 0 aliphatic carbocycles. The predicted octanol–water partition coefficient (Wildman–Crippen LogP) is 4.47. The molecule has 156 valence electrons. The van der Waals surface area contributed by atoms with Gasteiger partial charge in [-0.05, 0) is 55.7 Å². The molecule has 2 aromatic carbocycles. The Hall–Kier alpha value is -2.09. The highest BCUT2D eigenvalue weighted by atomic mass is 35.5. The van der Waals surface area contributed by atoms with Crippen LogP contribution in [0.4, 0.5) is 5.69 Å². The fraction of sp³-hybridized carbons (Fsp3) is 0.381. The van der Waals surface area contributed by atoms with Crippen LogP contribution in [0.3, 0.4) is 0 Å². The lowest BCUT2D eigenvalue weighted by Gasteiger charge is -2.20. The lowest BCUT2D eigenvalue weighted by Crippen LogP contribution is -2.32. The van der Waals surface area contributed by atoms with Gasteiger partial charge >= 0.3 is 0 Å². The van der Waals surface area contributed by atoms with Gasteiger partial charge in [0.05, 0.1) is 17.7 Å². The Morgan fingerprint density at radius 2 is 1.76 bits per heavy atom. The summed E-state index contributed by atoms with van der Waals surface area (Å²) in [4.78, 5) is 13.0. The molecule has 0 saturated carbocycles. The number of amides is 1. The molecule has 1 heterocycles. The van der Waals surface area contributed by atoms with Gasteiger partial charge in [0, 0.05) is 23.7 Å². The standard InChI is InChI=1S/C21H25ClN2O4S/c1-15-7-9-17(29(26,27)24-11-5-3-4-6-12-24)14-18(15)21(25)23-19-13-16(22)8-10-20(19)28-2/h7-10,13-14H,3-6,11-12H2,1-2H3,(H,23,25). The number of methoxy groups -OCH3 is 1. The van der Waals surface area contributed by atoms with Crippen LogP contribution in [0.25, 0.3) is 0 Å². The van der Waals surface area contributed by atoms with E-state index in [-0.39, 0.29) is 4.90 Å². The van der Waals surface area contributed by atoms with Crippen molar-refractivity contribution in [2.75, 3.05) is 25.5 Å². The molecule has 29 heavy (non-hydrogen) atoms. The van der Waals surface area contributed by atoms with Crippen molar-refractivity contribution in [1.29, 1.82) is 0 Å². The maximum absolute atomic E-state index is 13.1. The molecule has 0 spiro atoms. The molecule has 0 aromatic heterocycles. The molecule has 0 radical (unpaired) electrons. The van der Waals surface area contributed by atoms with Gasteiger partial charge in [-0.1, -0.05) is 30.5 Å². The monoisotopic (exact) mass is 436 g/mol. The van der Waals surface area contributed by atoms with Gasteiger partial charge in [0.15, 0.2) is 0 Å². The van der Waals surface area contributed by atoms with Gasteiger partial charge in [0.2, 0.25) is 10.0 Å². The van der Waals surface area contributed by atoms with Crippen molar-refractivity contribution in [2.24, 2.45) is 0 Å². The summed E-state index contributed by atoms with van der Waals surface area (Å²) >= 11 is 6.03. The summed E-state index contributed by atoms with van der Waals surface area (Å²) in [5.74, 6) is 0.0460. The Labute approximate surface area is 176 Å². The number of nitrogens with one attached hydrogen (secondary N) is 1. The molecule has 1 N–H and O–H groups in total. The third-order valence-electron chi connectivity index (χ3n) is 5.07. The third-order valence-corrected chi connectivity index (χ3v) is 7.20. The van der Waals surface area contributed by atoms with E-state index in [1.165, 1.54) is 17.5 Å². The number of carbonyl (C=O) groups is 1. The van der Waals surface area contributed by atoms with Crippen molar-refractivity contribution in [3.63, 3.8) is 0 Å². The van der Waals surface area contributed by atoms with Gasteiger partial charge in [-0.2, -0.15) is 4.31 Å². The number of sulfonamides is 1. The summed E-state index contributed by atoms with van der Waals surface area (Å²) in [6.45, 7) is 2.79. The second-order valence-corrected chi connectivity index (χ2v) is 9.47. The summed E-state index contributed by atoms with van der Waals surface area (Å²) in [6.07, 6.45) is 3.78. The second kappa shape index (κ2) is 9.15. The molecule has 0 bridgehead atoms. The molecule has 1 aliphatic heterocycles. The summed E-state index contributed by atoms with van der Waals surface area (Å²) in [7, 11) is -2.14. The number of aryl methyl sites for hydroxylation is 1. The maximum atomic E-state index is 13.1. The molecule has 0 atom stereocenters. The van der Waals surface area contributed by atoms with Gasteiger partial charge in [-0.3, -0.25) is 4.79 Å². The highest BCUT2D eigenvalue weighted by Crippen LogP contribution is 2.29. The summed E-state index contributed by atoms with van der Waals surface area (Å²) in [5, 5.41) is 3.22. The molecule has 1 aliphatic rings.